The van der Waals surface area contributed by atoms with Crippen LogP contribution in [0, 0.1) is 0 Å². The SMILES string of the molecule is CCOC(=O)C=C(C)CC. The van der Waals surface area contributed by atoms with Gasteiger partial charge in [0.2, 0.25) is 0 Å². The summed E-state index contributed by atoms with van der Waals surface area (Å²) in [6.45, 7) is 6.17. The fraction of sp³-hybridized carbons (Fsp3) is 0.625. The first-order valence-electron chi connectivity index (χ1n) is 3.54. The summed E-state index contributed by atoms with van der Waals surface area (Å²) in [6, 6.07) is 0. The summed E-state index contributed by atoms with van der Waals surface area (Å²) in [7, 11) is 0. The predicted octanol–water partition coefficient (Wildman–Crippen LogP) is 1.91. The van der Waals surface area contributed by atoms with Crippen LogP contribution in [0.1, 0.15) is 27.2 Å². The van der Waals surface area contributed by atoms with Crippen LogP contribution < -0.4 is 0 Å². The van der Waals surface area contributed by atoms with Crippen molar-refractivity contribution in [2.24, 2.45) is 0 Å². The van der Waals surface area contributed by atoms with E-state index < -0.39 is 0 Å². The monoisotopic (exact) mass is 142 g/mol. The van der Waals surface area contributed by atoms with Gasteiger partial charge in [-0.1, -0.05) is 12.5 Å². The number of rotatable bonds is 3. The highest BCUT2D eigenvalue weighted by atomic mass is 16.5. The van der Waals surface area contributed by atoms with Gasteiger partial charge in [-0.05, 0) is 20.3 Å². The Morgan fingerprint density at radius 3 is 2.50 bits per heavy atom. The average Bonchev–Trinajstić information content (AvgIpc) is 1.88. The maximum Gasteiger partial charge on any atom is 0.330 e. The molecule has 0 aromatic heterocycles. The van der Waals surface area contributed by atoms with E-state index in [4.69, 9.17) is 4.74 Å². The van der Waals surface area contributed by atoms with Crippen molar-refractivity contribution in [3.63, 3.8) is 0 Å². The molecule has 2 nitrogen and oxygen atoms in total. The van der Waals surface area contributed by atoms with Crippen LogP contribution in [0.4, 0.5) is 0 Å². The van der Waals surface area contributed by atoms with E-state index in [9.17, 15) is 4.79 Å². The summed E-state index contributed by atoms with van der Waals surface area (Å²) >= 11 is 0. The zero-order chi connectivity index (χ0) is 7.98. The van der Waals surface area contributed by atoms with Gasteiger partial charge >= 0.3 is 5.97 Å². The third-order valence-electron chi connectivity index (χ3n) is 1.21. The molecule has 0 amide bonds. The number of esters is 1. The molecule has 0 aromatic carbocycles. The molecule has 0 aromatic rings. The standard InChI is InChI=1S/C8H14O2/c1-4-7(3)6-8(9)10-5-2/h6H,4-5H2,1-3H3. The van der Waals surface area contributed by atoms with Gasteiger partial charge in [0, 0.05) is 6.08 Å². The van der Waals surface area contributed by atoms with E-state index in [-0.39, 0.29) is 5.97 Å². The Labute approximate surface area is 61.9 Å². The van der Waals surface area contributed by atoms with Crippen LogP contribution in [0.25, 0.3) is 0 Å². The highest BCUT2D eigenvalue weighted by Crippen LogP contribution is 1.97. The molecule has 0 saturated carbocycles. The number of carbonyl (C=O) groups excluding carboxylic acids is 1. The molecule has 0 heterocycles. The Kier molecular flexibility index (Phi) is 4.63. The number of hydrogen-bond donors (Lipinski definition) is 0. The second kappa shape index (κ2) is 5.03. The Bertz CT molecular complexity index is 136. The lowest BCUT2D eigenvalue weighted by Crippen LogP contribution is -1.99. The van der Waals surface area contributed by atoms with Crippen molar-refractivity contribution < 1.29 is 9.53 Å². The molecule has 0 atom stereocenters. The molecule has 2 heteroatoms. The molecular formula is C8H14O2. The largest absolute Gasteiger partial charge is 0.463 e. The van der Waals surface area contributed by atoms with Crippen molar-refractivity contribution in [1.29, 1.82) is 0 Å². The highest BCUT2D eigenvalue weighted by Gasteiger charge is 1.94. The van der Waals surface area contributed by atoms with E-state index in [1.54, 1.807) is 6.92 Å². The quantitative estimate of drug-likeness (QED) is 0.444. The average molecular weight is 142 g/mol. The molecule has 58 valence electrons. The molecule has 0 radical (unpaired) electrons. The molecule has 0 aliphatic rings. The van der Waals surface area contributed by atoms with E-state index in [2.05, 4.69) is 0 Å². The lowest BCUT2D eigenvalue weighted by atomic mass is 10.2. The lowest BCUT2D eigenvalue weighted by molar-refractivity contribution is -0.137. The van der Waals surface area contributed by atoms with E-state index in [0.29, 0.717) is 6.61 Å². The molecule has 0 rings (SSSR count). The maximum atomic E-state index is 10.7. The Morgan fingerprint density at radius 2 is 2.10 bits per heavy atom. The van der Waals surface area contributed by atoms with Gasteiger partial charge in [-0.25, -0.2) is 4.79 Å². The van der Waals surface area contributed by atoms with Crippen LogP contribution in [0.2, 0.25) is 0 Å². The Hall–Kier alpha value is -0.790. The van der Waals surface area contributed by atoms with Gasteiger partial charge in [-0.2, -0.15) is 0 Å². The van der Waals surface area contributed by atoms with Crippen LogP contribution in [-0.2, 0) is 9.53 Å². The van der Waals surface area contributed by atoms with Gasteiger partial charge in [0.05, 0.1) is 6.61 Å². The van der Waals surface area contributed by atoms with Crippen LogP contribution in [0.3, 0.4) is 0 Å². The fourth-order valence-electron chi connectivity index (χ4n) is 0.487. The number of carbonyl (C=O) groups is 1. The van der Waals surface area contributed by atoms with E-state index in [0.717, 1.165) is 12.0 Å². The summed E-state index contributed by atoms with van der Waals surface area (Å²) in [5.41, 5.74) is 1.05. The molecule has 0 N–H and O–H groups in total. The van der Waals surface area contributed by atoms with E-state index in [1.165, 1.54) is 6.08 Å². The van der Waals surface area contributed by atoms with Crippen molar-refractivity contribution in [3.8, 4) is 0 Å². The summed E-state index contributed by atoms with van der Waals surface area (Å²) in [5, 5.41) is 0. The number of allylic oxidation sites excluding steroid dienone is 1. The van der Waals surface area contributed by atoms with Gasteiger partial charge in [0.1, 0.15) is 0 Å². The van der Waals surface area contributed by atoms with Crippen molar-refractivity contribution in [1.82, 2.24) is 0 Å². The van der Waals surface area contributed by atoms with Gasteiger partial charge in [-0.15, -0.1) is 0 Å². The smallest absolute Gasteiger partial charge is 0.330 e. The van der Waals surface area contributed by atoms with Crippen molar-refractivity contribution in [3.05, 3.63) is 11.6 Å². The topological polar surface area (TPSA) is 26.3 Å². The van der Waals surface area contributed by atoms with E-state index >= 15 is 0 Å². The normalized spacial score (nSPS) is 11.3. The minimum absolute atomic E-state index is 0.234. The molecule has 10 heavy (non-hydrogen) atoms. The molecule has 0 bridgehead atoms. The fourth-order valence-corrected chi connectivity index (χ4v) is 0.487. The molecule has 0 saturated heterocycles. The zero-order valence-corrected chi connectivity index (χ0v) is 6.81. The maximum absolute atomic E-state index is 10.7. The van der Waals surface area contributed by atoms with Crippen LogP contribution >= 0.6 is 0 Å². The van der Waals surface area contributed by atoms with Gasteiger partial charge in [0.15, 0.2) is 0 Å². The summed E-state index contributed by atoms with van der Waals surface area (Å²) < 4.78 is 4.70. The second-order valence-electron chi connectivity index (χ2n) is 2.10. The molecule has 0 unspecified atom stereocenters. The molecule has 0 aliphatic carbocycles. The minimum atomic E-state index is -0.234. The third-order valence-corrected chi connectivity index (χ3v) is 1.21. The Morgan fingerprint density at radius 1 is 1.50 bits per heavy atom. The van der Waals surface area contributed by atoms with Crippen molar-refractivity contribution in [2.45, 2.75) is 27.2 Å². The van der Waals surface area contributed by atoms with Crippen molar-refractivity contribution in [2.75, 3.05) is 6.61 Å². The summed E-state index contributed by atoms with van der Waals surface area (Å²) in [5.74, 6) is -0.234. The Balaban J connectivity index is 3.75. The predicted molar refractivity (Wildman–Crippen MR) is 40.7 cm³/mol. The van der Waals surface area contributed by atoms with Gasteiger partial charge < -0.3 is 4.74 Å². The van der Waals surface area contributed by atoms with Crippen molar-refractivity contribution >= 4 is 5.97 Å². The second-order valence-corrected chi connectivity index (χ2v) is 2.10. The highest BCUT2D eigenvalue weighted by molar-refractivity contribution is 5.82. The van der Waals surface area contributed by atoms with Crippen LogP contribution in [0.15, 0.2) is 11.6 Å². The van der Waals surface area contributed by atoms with E-state index in [1.807, 2.05) is 13.8 Å². The first kappa shape index (κ1) is 9.21. The lowest BCUT2D eigenvalue weighted by Gasteiger charge is -1.96. The summed E-state index contributed by atoms with van der Waals surface area (Å²) in [6.07, 6.45) is 2.43. The van der Waals surface area contributed by atoms with Gasteiger partial charge in [0.25, 0.3) is 0 Å². The zero-order valence-electron chi connectivity index (χ0n) is 6.81. The van der Waals surface area contributed by atoms with Gasteiger partial charge in [-0.3, -0.25) is 0 Å². The number of ether oxygens (including phenoxy) is 1. The first-order valence-corrected chi connectivity index (χ1v) is 3.54. The van der Waals surface area contributed by atoms with Crippen LogP contribution in [0.5, 0.6) is 0 Å². The molecule has 0 fully saturated rings. The summed E-state index contributed by atoms with van der Waals surface area (Å²) in [4.78, 5) is 10.7. The molecular weight excluding hydrogens is 128 g/mol. The minimum Gasteiger partial charge on any atom is -0.463 e. The van der Waals surface area contributed by atoms with Crippen LogP contribution in [-0.4, -0.2) is 12.6 Å². The first-order chi connectivity index (χ1) is 4.70. The third kappa shape index (κ3) is 4.13. The molecule has 0 spiro atoms. The number of hydrogen-bond acceptors (Lipinski definition) is 2. The molecule has 0 aliphatic heterocycles.